The fraction of sp³-hybridized carbons (Fsp3) is 0.350. The van der Waals surface area contributed by atoms with Crippen molar-refractivity contribution < 1.29 is 30.8 Å². The molecule has 2 aromatic rings. The molecule has 0 saturated carbocycles. The van der Waals surface area contributed by atoms with Gasteiger partial charge in [-0.05, 0) is 63.2 Å². The normalized spacial score (nSPS) is 13.0. The van der Waals surface area contributed by atoms with Gasteiger partial charge >= 0.3 is 0 Å². The molecule has 2 N–H and O–H groups in total. The number of benzene rings is 2. The average molecular weight is 488 g/mol. The largest absolute Gasteiger partial charge is 0.495 e. The van der Waals surface area contributed by atoms with Gasteiger partial charge in [-0.2, -0.15) is 0 Å². The van der Waals surface area contributed by atoms with E-state index in [1.807, 2.05) is 0 Å². The fourth-order valence-corrected chi connectivity index (χ4v) is 5.42. The monoisotopic (exact) mass is 487 g/mol. The number of nitrogens with one attached hydrogen (secondary N) is 2. The van der Waals surface area contributed by atoms with Crippen LogP contribution in [0.25, 0.3) is 0 Å². The second-order valence-electron chi connectivity index (χ2n) is 7.34. The van der Waals surface area contributed by atoms with E-state index in [4.69, 9.17) is 4.74 Å². The standard InChI is InChI=1S/C20H26FN3O6S2/c1-13(2)23-32(28,29)17-10-11-19(30-4)18(12-17)22-20(25)14(3)24(31(5,26)27)16-8-6-15(21)7-9-16/h6-14,23H,1-5H3,(H,22,25)/t14-/m0/s1. The molecule has 12 heteroatoms. The third kappa shape index (κ3) is 6.17. The zero-order chi connectivity index (χ0) is 24.3. The first-order chi connectivity index (χ1) is 14.8. The molecule has 0 saturated heterocycles. The molecule has 0 unspecified atom stereocenters. The second-order valence-corrected chi connectivity index (χ2v) is 10.9. The summed E-state index contributed by atoms with van der Waals surface area (Å²) in [6.45, 7) is 4.69. The molecule has 0 aliphatic rings. The van der Waals surface area contributed by atoms with Crippen molar-refractivity contribution in [3.8, 4) is 5.75 Å². The zero-order valence-corrected chi connectivity index (χ0v) is 19.9. The number of hydrogen-bond donors (Lipinski definition) is 2. The van der Waals surface area contributed by atoms with E-state index < -0.39 is 37.8 Å². The van der Waals surface area contributed by atoms with Crippen molar-refractivity contribution >= 4 is 37.3 Å². The van der Waals surface area contributed by atoms with Gasteiger partial charge in [0.05, 0.1) is 29.6 Å². The van der Waals surface area contributed by atoms with Crippen LogP contribution in [-0.2, 0) is 24.8 Å². The lowest BCUT2D eigenvalue weighted by Gasteiger charge is -2.28. The molecule has 2 rings (SSSR count). The Kier molecular flexibility index (Phi) is 7.86. The Hall–Kier alpha value is -2.70. The molecule has 32 heavy (non-hydrogen) atoms. The number of methoxy groups -OCH3 is 1. The summed E-state index contributed by atoms with van der Waals surface area (Å²) in [7, 11) is -6.42. The molecule has 0 heterocycles. The first-order valence-corrected chi connectivity index (χ1v) is 12.9. The summed E-state index contributed by atoms with van der Waals surface area (Å²) in [5.74, 6) is -1.12. The van der Waals surface area contributed by atoms with E-state index in [0.717, 1.165) is 22.7 Å². The molecule has 0 radical (unpaired) electrons. The van der Waals surface area contributed by atoms with Crippen LogP contribution in [0.4, 0.5) is 15.8 Å². The highest BCUT2D eigenvalue weighted by atomic mass is 32.2. The van der Waals surface area contributed by atoms with Gasteiger partial charge in [0.1, 0.15) is 17.6 Å². The third-order valence-corrected chi connectivity index (χ3v) is 7.20. The molecule has 9 nitrogen and oxygen atoms in total. The van der Waals surface area contributed by atoms with E-state index >= 15 is 0 Å². The molecule has 2 aromatic carbocycles. The number of halogens is 1. The predicted molar refractivity (Wildman–Crippen MR) is 120 cm³/mol. The maximum absolute atomic E-state index is 13.3. The molecular formula is C20H26FN3O6S2. The van der Waals surface area contributed by atoms with Gasteiger partial charge in [-0.15, -0.1) is 0 Å². The minimum absolute atomic E-state index is 0.0449. The minimum Gasteiger partial charge on any atom is -0.495 e. The SMILES string of the molecule is COc1ccc(S(=O)(=O)NC(C)C)cc1NC(=O)[C@H](C)N(c1ccc(F)cc1)S(C)(=O)=O. The van der Waals surface area contributed by atoms with Crippen LogP contribution < -0.4 is 19.1 Å². The van der Waals surface area contributed by atoms with Crippen LogP contribution in [0.1, 0.15) is 20.8 Å². The Morgan fingerprint density at radius 2 is 1.62 bits per heavy atom. The summed E-state index contributed by atoms with van der Waals surface area (Å²) in [6, 6.07) is 6.98. The van der Waals surface area contributed by atoms with Crippen molar-refractivity contribution in [3.63, 3.8) is 0 Å². The number of rotatable bonds is 9. The number of nitrogens with zero attached hydrogens (tertiary/aromatic N) is 1. The highest BCUT2D eigenvalue weighted by molar-refractivity contribution is 7.92. The molecule has 0 fully saturated rings. The van der Waals surface area contributed by atoms with Gasteiger partial charge in [0.25, 0.3) is 0 Å². The maximum atomic E-state index is 13.3. The van der Waals surface area contributed by atoms with Gasteiger partial charge in [-0.25, -0.2) is 25.9 Å². The molecule has 0 bridgehead atoms. The van der Waals surface area contributed by atoms with E-state index in [-0.39, 0.29) is 28.1 Å². The highest BCUT2D eigenvalue weighted by Crippen LogP contribution is 2.29. The molecule has 0 aliphatic heterocycles. The number of carbonyl (C=O) groups is 1. The molecule has 0 spiro atoms. The smallest absolute Gasteiger partial charge is 0.248 e. The van der Waals surface area contributed by atoms with Crippen molar-refractivity contribution in [3.05, 3.63) is 48.3 Å². The summed E-state index contributed by atoms with van der Waals surface area (Å²) in [4.78, 5) is 12.8. The molecule has 176 valence electrons. The fourth-order valence-electron chi connectivity index (χ4n) is 2.96. The number of sulfonamides is 2. The Morgan fingerprint density at radius 3 is 2.12 bits per heavy atom. The third-order valence-electron chi connectivity index (χ3n) is 4.30. The number of carbonyl (C=O) groups excluding carboxylic acids is 1. The average Bonchev–Trinajstić information content (AvgIpc) is 2.67. The van der Waals surface area contributed by atoms with Gasteiger partial charge in [0, 0.05) is 6.04 Å². The lowest BCUT2D eigenvalue weighted by Crippen LogP contribution is -2.45. The number of anilines is 2. The van der Waals surface area contributed by atoms with Crippen molar-refractivity contribution in [2.75, 3.05) is 23.0 Å². The van der Waals surface area contributed by atoms with Gasteiger partial charge < -0.3 is 10.1 Å². The lowest BCUT2D eigenvalue weighted by atomic mass is 10.2. The van der Waals surface area contributed by atoms with Crippen molar-refractivity contribution in [1.82, 2.24) is 4.72 Å². The second kappa shape index (κ2) is 9.84. The van der Waals surface area contributed by atoms with E-state index in [9.17, 15) is 26.0 Å². The van der Waals surface area contributed by atoms with Gasteiger partial charge in [-0.3, -0.25) is 9.10 Å². The molecular weight excluding hydrogens is 461 g/mol. The van der Waals surface area contributed by atoms with Gasteiger partial charge in [0.2, 0.25) is 26.0 Å². The lowest BCUT2D eigenvalue weighted by molar-refractivity contribution is -0.116. The van der Waals surface area contributed by atoms with Crippen LogP contribution in [0.5, 0.6) is 5.75 Å². The van der Waals surface area contributed by atoms with Crippen molar-refractivity contribution in [2.24, 2.45) is 0 Å². The van der Waals surface area contributed by atoms with Crippen LogP contribution in [0.3, 0.4) is 0 Å². The molecule has 0 aliphatic carbocycles. The first-order valence-electron chi connectivity index (χ1n) is 9.52. The number of ether oxygens (including phenoxy) is 1. The number of hydrogen-bond acceptors (Lipinski definition) is 6. The predicted octanol–water partition coefficient (Wildman–Crippen LogP) is 2.31. The van der Waals surface area contributed by atoms with E-state index in [1.165, 1.54) is 44.4 Å². The Bertz CT molecular complexity index is 1180. The van der Waals surface area contributed by atoms with Gasteiger partial charge in [-0.1, -0.05) is 0 Å². The molecule has 1 atom stereocenters. The summed E-state index contributed by atoms with van der Waals surface area (Å²) in [5.41, 5.74) is 0.143. The molecule has 0 aromatic heterocycles. The highest BCUT2D eigenvalue weighted by Gasteiger charge is 2.30. The summed E-state index contributed by atoms with van der Waals surface area (Å²) >= 11 is 0. The van der Waals surface area contributed by atoms with Crippen LogP contribution in [0, 0.1) is 5.82 Å². The van der Waals surface area contributed by atoms with Crippen LogP contribution in [0.15, 0.2) is 47.4 Å². The summed E-state index contributed by atoms with van der Waals surface area (Å²) in [5, 5.41) is 2.52. The molecule has 1 amide bonds. The van der Waals surface area contributed by atoms with Gasteiger partial charge in [0.15, 0.2) is 0 Å². The quantitative estimate of drug-likeness (QED) is 0.560. The Morgan fingerprint density at radius 1 is 1.03 bits per heavy atom. The van der Waals surface area contributed by atoms with Crippen molar-refractivity contribution in [1.29, 1.82) is 0 Å². The zero-order valence-electron chi connectivity index (χ0n) is 18.3. The van der Waals surface area contributed by atoms with Crippen LogP contribution in [-0.4, -0.2) is 48.2 Å². The number of amides is 1. The van der Waals surface area contributed by atoms with Crippen LogP contribution in [0.2, 0.25) is 0 Å². The van der Waals surface area contributed by atoms with E-state index in [2.05, 4.69) is 10.0 Å². The van der Waals surface area contributed by atoms with E-state index in [1.54, 1.807) is 13.8 Å². The Labute approximate surface area is 187 Å². The van der Waals surface area contributed by atoms with Crippen molar-refractivity contribution in [2.45, 2.75) is 37.8 Å². The Balaban J connectivity index is 2.41. The summed E-state index contributed by atoms with van der Waals surface area (Å²) < 4.78 is 71.5. The van der Waals surface area contributed by atoms with E-state index in [0.29, 0.717) is 0 Å². The topological polar surface area (TPSA) is 122 Å². The summed E-state index contributed by atoms with van der Waals surface area (Å²) in [6.07, 6.45) is 0.922. The minimum atomic E-state index is -3.92. The first kappa shape index (κ1) is 25.6. The maximum Gasteiger partial charge on any atom is 0.248 e. The van der Waals surface area contributed by atoms with Crippen LogP contribution >= 0.6 is 0 Å².